The van der Waals surface area contributed by atoms with Crippen molar-refractivity contribution in [2.24, 2.45) is 29.6 Å². The topological polar surface area (TPSA) is 270 Å². The fourth-order valence-electron chi connectivity index (χ4n) is 16.4. The molecule has 24 nitrogen and oxygen atoms in total. The Morgan fingerprint density at radius 2 is 1.21 bits per heavy atom. The van der Waals surface area contributed by atoms with Gasteiger partial charge >= 0.3 is 6.18 Å². The summed E-state index contributed by atoms with van der Waals surface area (Å²) >= 11 is 6.40. The van der Waals surface area contributed by atoms with Crippen LogP contribution in [0.1, 0.15) is 202 Å². The van der Waals surface area contributed by atoms with Crippen LogP contribution < -0.4 is 16.0 Å². The van der Waals surface area contributed by atoms with E-state index in [0.717, 1.165) is 38.5 Å². The van der Waals surface area contributed by atoms with Crippen LogP contribution in [0.15, 0.2) is 0 Å². The highest BCUT2D eigenvalue weighted by Crippen LogP contribution is 2.44. The van der Waals surface area contributed by atoms with Crippen molar-refractivity contribution in [3.8, 4) is 0 Å². The van der Waals surface area contributed by atoms with Crippen molar-refractivity contribution in [2.75, 3.05) is 75.0 Å². The number of alkyl halides is 4. The molecule has 7 fully saturated rings. The summed E-state index contributed by atoms with van der Waals surface area (Å²) in [7, 11) is 8.66. The Balaban J connectivity index is 1.26. The maximum atomic E-state index is 15.4. The lowest BCUT2D eigenvalue weighted by atomic mass is 9.78. The first kappa shape index (κ1) is 80.0. The van der Waals surface area contributed by atoms with E-state index in [4.69, 9.17) is 11.6 Å². The van der Waals surface area contributed by atoms with Crippen LogP contribution in [0.4, 0.5) is 13.2 Å². The third-order valence-corrected chi connectivity index (χ3v) is 23.2. The summed E-state index contributed by atoms with van der Waals surface area (Å²) in [6.45, 7) is 11.0. The predicted octanol–water partition coefficient (Wildman–Crippen LogP) is 5.85. The Hall–Kier alpha value is -6.28. The van der Waals surface area contributed by atoms with Crippen LogP contribution in [-0.2, 0) is 57.5 Å². The van der Waals surface area contributed by atoms with E-state index in [1.165, 1.54) is 88.4 Å². The molecule has 0 bridgehead atoms. The number of likely N-dealkylation sites (N-methyl/N-ethyl adjacent to an activating group) is 6. The first-order chi connectivity index (χ1) is 46.6. The summed E-state index contributed by atoms with van der Waals surface area (Å²) in [4.78, 5) is 191. The number of hydrogen-bond acceptors (Lipinski definition) is 12. The molecule has 4 unspecified atom stereocenters. The number of carbonyl (C=O) groups excluding carboxylic acids is 12. The van der Waals surface area contributed by atoms with Crippen LogP contribution in [0, 0.1) is 29.6 Å². The van der Waals surface area contributed by atoms with Gasteiger partial charge in [-0.2, -0.15) is 13.2 Å². The average Bonchev–Trinajstić information content (AvgIpc) is 1.22. The quantitative estimate of drug-likeness (QED) is 0.206. The molecular formula is C71H114ClF3N12O12. The van der Waals surface area contributed by atoms with Crippen LogP contribution in [0.5, 0.6) is 0 Å². The van der Waals surface area contributed by atoms with Crippen LogP contribution in [0.2, 0.25) is 0 Å². The lowest BCUT2D eigenvalue weighted by Crippen LogP contribution is -2.65. The molecule has 12 amide bonds. The number of nitrogens with zero attached hydrogens (tertiary/aromatic N) is 9. The standard InChI is InChI=1S/C71H114ClF3N12O12/c1-13-23-50-63(93)80(8)45(6)62(92)87-37-31-53(87)66(96)82(10)55(40-46-24-16-14-17-25-46)65(95)79(7)42-57(88)76-51(30-28-47-27-29-48(49(72)39-47)71(73,74)75)64(94)86-36-22-26-52(86)61(91)78-70(32-18-19-33-70)69(99)84(12)59(44(4)5)68(98)83(11)56(67(97)85-34-20-15-21-35-85)41-58(89)81(9)54(38-43(2)3)60(90)77-50/h43-56,59H,13-42H2,1-12H3,(H,76,88)(H,77,90)(H,78,91)/t45-,47?,48?,49?,50-,51?,52-,53-,54-,55-,56-,59-/m0/s1. The first-order valence-corrected chi connectivity index (χ1v) is 37.2. The molecule has 7 aliphatic rings. The minimum atomic E-state index is -4.51. The van der Waals surface area contributed by atoms with Gasteiger partial charge in [-0.3, -0.25) is 57.5 Å². The van der Waals surface area contributed by atoms with Crippen molar-refractivity contribution in [2.45, 2.75) is 274 Å². The zero-order chi connectivity index (χ0) is 73.1. The van der Waals surface area contributed by atoms with Gasteiger partial charge in [-0.15, -0.1) is 11.6 Å². The number of hydrogen-bond donors (Lipinski definition) is 3. The van der Waals surface area contributed by atoms with E-state index in [-0.39, 0.29) is 108 Å². The molecule has 0 aromatic heterocycles. The highest BCUT2D eigenvalue weighted by molar-refractivity contribution is 6.21. The van der Waals surface area contributed by atoms with Gasteiger partial charge in [0.2, 0.25) is 70.9 Å². The smallest absolute Gasteiger partial charge is 0.343 e. The average molecular weight is 1420 g/mol. The second-order valence-electron chi connectivity index (χ2n) is 30.5. The van der Waals surface area contributed by atoms with Crippen LogP contribution in [0.25, 0.3) is 0 Å². The van der Waals surface area contributed by atoms with Gasteiger partial charge in [0.25, 0.3) is 0 Å². The first-order valence-electron chi connectivity index (χ1n) is 36.7. The summed E-state index contributed by atoms with van der Waals surface area (Å²) in [5, 5.41) is 7.56. The van der Waals surface area contributed by atoms with Gasteiger partial charge < -0.3 is 60.0 Å². The Morgan fingerprint density at radius 1 is 0.586 bits per heavy atom. The number of rotatable bonds is 11. The van der Waals surface area contributed by atoms with E-state index in [1.807, 2.05) is 20.8 Å². The van der Waals surface area contributed by atoms with Crippen molar-refractivity contribution in [1.82, 2.24) is 60.0 Å². The third-order valence-electron chi connectivity index (χ3n) is 22.7. The van der Waals surface area contributed by atoms with Gasteiger partial charge in [0.1, 0.15) is 59.9 Å². The van der Waals surface area contributed by atoms with Crippen molar-refractivity contribution >= 4 is 82.5 Å². The van der Waals surface area contributed by atoms with Crippen LogP contribution in [0.3, 0.4) is 0 Å². The zero-order valence-electron chi connectivity index (χ0n) is 60.8. The number of nitrogens with one attached hydrogen (secondary N) is 3. The minimum absolute atomic E-state index is 0.00170. The van der Waals surface area contributed by atoms with Crippen molar-refractivity contribution in [1.29, 1.82) is 0 Å². The van der Waals surface area contributed by atoms with Crippen molar-refractivity contribution in [3.63, 3.8) is 0 Å². The van der Waals surface area contributed by atoms with E-state index < -0.39 is 167 Å². The van der Waals surface area contributed by atoms with E-state index >= 15 is 19.2 Å². The molecular weight excluding hydrogens is 1310 g/mol. The highest BCUT2D eigenvalue weighted by atomic mass is 35.5. The fourth-order valence-corrected chi connectivity index (χ4v) is 16.9. The second kappa shape index (κ2) is 35.1. The number of halogens is 4. The Morgan fingerprint density at radius 3 is 1.80 bits per heavy atom. The Labute approximate surface area is 588 Å². The van der Waals surface area contributed by atoms with Gasteiger partial charge in [-0.05, 0) is 133 Å². The molecule has 3 saturated carbocycles. The maximum absolute atomic E-state index is 15.4. The van der Waals surface area contributed by atoms with Gasteiger partial charge in [0.05, 0.1) is 18.9 Å². The molecule has 0 aromatic rings. The lowest BCUT2D eigenvalue weighted by molar-refractivity contribution is -0.182. The molecule has 3 N–H and O–H groups in total. The Kier molecular flexibility index (Phi) is 28.3. The molecule has 28 heteroatoms. The van der Waals surface area contributed by atoms with Crippen molar-refractivity contribution < 1.29 is 70.7 Å². The largest absolute Gasteiger partial charge is 0.393 e. The van der Waals surface area contributed by atoms with Gasteiger partial charge in [0.15, 0.2) is 0 Å². The second-order valence-corrected chi connectivity index (χ2v) is 31.1. The van der Waals surface area contributed by atoms with E-state index in [9.17, 15) is 51.5 Å². The summed E-state index contributed by atoms with van der Waals surface area (Å²) in [6.07, 6.45) is 4.78. The summed E-state index contributed by atoms with van der Waals surface area (Å²) in [5.41, 5.74) is -1.56. The van der Waals surface area contributed by atoms with Crippen LogP contribution >= 0.6 is 11.6 Å². The molecule has 558 valence electrons. The summed E-state index contributed by atoms with van der Waals surface area (Å²) < 4.78 is 42.0. The number of carbonyl (C=O) groups is 12. The molecule has 3 aliphatic carbocycles. The third kappa shape index (κ3) is 19.3. The van der Waals surface area contributed by atoms with E-state index in [2.05, 4.69) is 16.0 Å². The SMILES string of the molecule is CCC[C@@H]1NC(=O)[C@H](CC(C)C)N(C)C(=O)C[C@@H](C(=O)N2CCCCC2)N(C)C(=O)[C@H](C(C)C)N(C)C(=O)C2(CCCC2)NC(=O)[C@@H]2CCCN2C(=O)C(CCC2CCC(C(F)(F)F)C(Cl)C2)NC(=O)CN(C)C(=O)[C@H](CC2CCCCC2)N(C)C(=O)[C@@H]2CCN2C(=O)[C@H](C)N(C)C1=O. The molecule has 0 aromatic carbocycles. The van der Waals surface area contributed by atoms with Crippen molar-refractivity contribution in [3.05, 3.63) is 0 Å². The molecule has 0 radical (unpaired) electrons. The number of piperidine rings is 1. The lowest BCUT2D eigenvalue weighted by Gasteiger charge is -2.45. The van der Waals surface area contributed by atoms with E-state index in [0.29, 0.717) is 51.6 Å². The molecule has 4 heterocycles. The highest BCUT2D eigenvalue weighted by Gasteiger charge is 2.52. The number of likely N-dealkylation sites (tertiary alicyclic amines) is 1. The van der Waals surface area contributed by atoms with Gasteiger partial charge in [-0.1, -0.05) is 86.0 Å². The van der Waals surface area contributed by atoms with Gasteiger partial charge in [0, 0.05) is 73.8 Å². The van der Waals surface area contributed by atoms with Gasteiger partial charge in [-0.25, -0.2) is 0 Å². The molecule has 4 saturated heterocycles. The molecule has 1 spiro atoms. The molecule has 12 atom stereocenters. The fraction of sp³-hybridized carbons (Fsp3) is 0.831. The molecule has 99 heavy (non-hydrogen) atoms. The zero-order valence-corrected chi connectivity index (χ0v) is 61.6. The maximum Gasteiger partial charge on any atom is 0.393 e. The monoisotopic (exact) mass is 1420 g/mol. The Bertz CT molecular complexity index is 2910. The number of fused-ring (bicyclic) bond motifs is 2. The normalized spacial score (nSPS) is 30.8. The molecule has 4 aliphatic heterocycles. The summed E-state index contributed by atoms with van der Waals surface area (Å²) in [5.74, 6) is -10.2. The predicted molar refractivity (Wildman–Crippen MR) is 365 cm³/mol. The number of amides is 12. The van der Waals surface area contributed by atoms with Crippen LogP contribution in [-0.4, -0.2) is 261 Å². The summed E-state index contributed by atoms with van der Waals surface area (Å²) in [6, 6.07) is -10.7. The van der Waals surface area contributed by atoms with E-state index in [1.54, 1.807) is 18.7 Å². The molecule has 7 rings (SSSR count). The minimum Gasteiger partial charge on any atom is -0.343 e.